The fourth-order valence-corrected chi connectivity index (χ4v) is 2.88. The molecule has 1 rings (SSSR count). The van der Waals surface area contributed by atoms with Gasteiger partial charge < -0.3 is 15.4 Å². The SMILES string of the molecule is CN=C(NCCSC)NCC(C)(C)N1CC(C)OC(C)C1.I. The van der Waals surface area contributed by atoms with Gasteiger partial charge in [-0.2, -0.15) is 11.8 Å². The van der Waals surface area contributed by atoms with Gasteiger partial charge in [-0.05, 0) is 34.0 Å². The maximum absolute atomic E-state index is 5.82. The molecule has 0 aliphatic carbocycles. The number of rotatable bonds is 6. The van der Waals surface area contributed by atoms with Crippen molar-refractivity contribution in [3.05, 3.63) is 0 Å². The number of nitrogens with one attached hydrogen (secondary N) is 2. The van der Waals surface area contributed by atoms with Crippen molar-refractivity contribution >= 4 is 41.7 Å². The molecule has 1 aliphatic rings. The Hall–Kier alpha value is 0.270. The number of hydrogen-bond donors (Lipinski definition) is 2. The highest BCUT2D eigenvalue weighted by Gasteiger charge is 2.33. The van der Waals surface area contributed by atoms with E-state index in [2.05, 4.69) is 54.5 Å². The third-order valence-corrected chi connectivity index (χ3v) is 4.40. The summed E-state index contributed by atoms with van der Waals surface area (Å²) in [5.41, 5.74) is 0.0728. The maximum Gasteiger partial charge on any atom is 0.191 e. The first kappa shape index (κ1) is 22.3. The first-order valence-electron chi connectivity index (χ1n) is 7.73. The average molecular weight is 444 g/mol. The summed E-state index contributed by atoms with van der Waals surface area (Å²) in [5.74, 6) is 1.97. The van der Waals surface area contributed by atoms with Crippen LogP contribution in [0.5, 0.6) is 0 Å². The number of halogens is 1. The molecule has 132 valence electrons. The van der Waals surface area contributed by atoms with Crippen LogP contribution in [-0.4, -0.2) is 73.8 Å². The van der Waals surface area contributed by atoms with Gasteiger partial charge in [-0.3, -0.25) is 9.89 Å². The van der Waals surface area contributed by atoms with E-state index in [0.717, 1.165) is 37.9 Å². The van der Waals surface area contributed by atoms with Gasteiger partial charge in [-0.1, -0.05) is 0 Å². The molecule has 2 N–H and O–H groups in total. The summed E-state index contributed by atoms with van der Waals surface area (Å²) in [4.78, 5) is 6.79. The summed E-state index contributed by atoms with van der Waals surface area (Å²) in [6, 6.07) is 0. The quantitative estimate of drug-likeness (QED) is 0.284. The molecule has 0 spiro atoms. The van der Waals surface area contributed by atoms with Crippen LogP contribution in [0.3, 0.4) is 0 Å². The molecule has 5 nitrogen and oxygen atoms in total. The lowest BCUT2D eigenvalue weighted by atomic mass is 10.00. The number of guanidine groups is 1. The van der Waals surface area contributed by atoms with Crippen molar-refractivity contribution in [3.63, 3.8) is 0 Å². The summed E-state index contributed by atoms with van der Waals surface area (Å²) in [6.07, 6.45) is 2.71. The molecule has 1 heterocycles. The molecule has 1 fully saturated rings. The van der Waals surface area contributed by atoms with Crippen LogP contribution in [0.1, 0.15) is 27.7 Å². The summed E-state index contributed by atoms with van der Waals surface area (Å²) in [7, 11) is 1.82. The molecular weight excluding hydrogens is 411 g/mol. The Labute approximate surface area is 157 Å². The summed E-state index contributed by atoms with van der Waals surface area (Å²) in [6.45, 7) is 12.6. The number of nitrogens with zero attached hydrogens (tertiary/aromatic N) is 2. The lowest BCUT2D eigenvalue weighted by Crippen LogP contribution is -2.59. The van der Waals surface area contributed by atoms with Gasteiger partial charge in [0.15, 0.2) is 5.96 Å². The van der Waals surface area contributed by atoms with Gasteiger partial charge in [0.05, 0.1) is 12.2 Å². The third-order valence-electron chi connectivity index (χ3n) is 3.79. The van der Waals surface area contributed by atoms with E-state index in [1.807, 2.05) is 18.8 Å². The van der Waals surface area contributed by atoms with Gasteiger partial charge in [0.1, 0.15) is 0 Å². The van der Waals surface area contributed by atoms with E-state index in [1.54, 1.807) is 0 Å². The highest BCUT2D eigenvalue weighted by Crippen LogP contribution is 2.20. The van der Waals surface area contributed by atoms with E-state index in [4.69, 9.17) is 4.74 Å². The molecule has 0 saturated carbocycles. The molecule has 22 heavy (non-hydrogen) atoms. The van der Waals surface area contributed by atoms with Crippen LogP contribution in [0.2, 0.25) is 0 Å². The Morgan fingerprint density at radius 2 is 1.86 bits per heavy atom. The van der Waals surface area contributed by atoms with Gasteiger partial charge in [-0.15, -0.1) is 24.0 Å². The highest BCUT2D eigenvalue weighted by atomic mass is 127. The Morgan fingerprint density at radius 3 is 2.36 bits per heavy atom. The second kappa shape index (κ2) is 10.9. The van der Waals surface area contributed by atoms with E-state index < -0.39 is 0 Å². The van der Waals surface area contributed by atoms with Crippen molar-refractivity contribution in [3.8, 4) is 0 Å². The molecule has 0 bridgehead atoms. The molecular formula is C15H33IN4OS. The van der Waals surface area contributed by atoms with E-state index in [9.17, 15) is 0 Å². The van der Waals surface area contributed by atoms with Crippen LogP contribution in [-0.2, 0) is 4.74 Å². The maximum atomic E-state index is 5.82. The van der Waals surface area contributed by atoms with E-state index in [0.29, 0.717) is 12.2 Å². The largest absolute Gasteiger partial charge is 0.373 e. The minimum atomic E-state index is 0. The van der Waals surface area contributed by atoms with Crippen LogP contribution in [0.15, 0.2) is 4.99 Å². The zero-order chi connectivity index (χ0) is 15.9. The molecule has 0 aromatic heterocycles. The topological polar surface area (TPSA) is 48.9 Å². The zero-order valence-electron chi connectivity index (χ0n) is 14.8. The van der Waals surface area contributed by atoms with Crippen LogP contribution in [0, 0.1) is 0 Å². The fraction of sp³-hybridized carbons (Fsp3) is 0.933. The van der Waals surface area contributed by atoms with Crippen molar-refractivity contribution < 1.29 is 4.74 Å². The molecule has 1 aliphatic heterocycles. The van der Waals surface area contributed by atoms with Gasteiger partial charge in [-0.25, -0.2) is 0 Å². The Kier molecular flexibility index (Phi) is 11.1. The predicted molar refractivity (Wildman–Crippen MR) is 109 cm³/mol. The number of hydrogen-bond acceptors (Lipinski definition) is 4. The Balaban J connectivity index is 0.00000441. The van der Waals surface area contributed by atoms with E-state index >= 15 is 0 Å². The minimum absolute atomic E-state index is 0. The molecule has 0 aromatic carbocycles. The summed E-state index contributed by atoms with van der Waals surface area (Å²) in [5, 5.41) is 6.78. The molecule has 2 atom stereocenters. The second-order valence-electron chi connectivity index (χ2n) is 6.32. The number of morpholine rings is 1. The Morgan fingerprint density at radius 1 is 1.27 bits per heavy atom. The van der Waals surface area contributed by atoms with Crippen molar-refractivity contribution in [2.45, 2.75) is 45.4 Å². The average Bonchev–Trinajstić information content (AvgIpc) is 2.41. The highest BCUT2D eigenvalue weighted by molar-refractivity contribution is 14.0. The first-order valence-corrected chi connectivity index (χ1v) is 9.12. The van der Waals surface area contributed by atoms with Crippen molar-refractivity contribution in [2.75, 3.05) is 45.2 Å². The van der Waals surface area contributed by atoms with Crippen molar-refractivity contribution in [1.29, 1.82) is 0 Å². The van der Waals surface area contributed by atoms with Gasteiger partial charge in [0.2, 0.25) is 0 Å². The number of ether oxygens (including phenoxy) is 1. The predicted octanol–water partition coefficient (Wildman–Crippen LogP) is 2.02. The Bertz CT molecular complexity index is 332. The zero-order valence-corrected chi connectivity index (χ0v) is 18.0. The normalized spacial score (nSPS) is 23.8. The van der Waals surface area contributed by atoms with Crippen molar-refractivity contribution in [2.24, 2.45) is 4.99 Å². The lowest BCUT2D eigenvalue weighted by Gasteiger charge is -2.45. The minimum Gasteiger partial charge on any atom is -0.373 e. The summed E-state index contributed by atoms with van der Waals surface area (Å²) < 4.78 is 5.82. The molecule has 7 heteroatoms. The number of aliphatic imine (C=N–C) groups is 1. The van der Waals surface area contributed by atoms with Crippen molar-refractivity contribution in [1.82, 2.24) is 15.5 Å². The van der Waals surface area contributed by atoms with Crippen LogP contribution in [0.25, 0.3) is 0 Å². The van der Waals surface area contributed by atoms with Crippen LogP contribution >= 0.6 is 35.7 Å². The van der Waals surface area contributed by atoms with E-state index in [1.165, 1.54) is 0 Å². The molecule has 0 radical (unpaired) electrons. The van der Waals surface area contributed by atoms with Crippen LogP contribution in [0.4, 0.5) is 0 Å². The van der Waals surface area contributed by atoms with Gasteiger partial charge >= 0.3 is 0 Å². The molecule has 1 saturated heterocycles. The summed E-state index contributed by atoms with van der Waals surface area (Å²) >= 11 is 1.83. The van der Waals surface area contributed by atoms with Gasteiger partial charge in [0.25, 0.3) is 0 Å². The molecule has 0 amide bonds. The van der Waals surface area contributed by atoms with Gasteiger partial charge in [0, 0.05) is 44.5 Å². The molecule has 0 aromatic rings. The first-order chi connectivity index (χ1) is 9.89. The van der Waals surface area contributed by atoms with Crippen LogP contribution < -0.4 is 10.6 Å². The smallest absolute Gasteiger partial charge is 0.191 e. The fourth-order valence-electron chi connectivity index (χ4n) is 2.58. The lowest BCUT2D eigenvalue weighted by molar-refractivity contribution is -0.0946. The third kappa shape index (κ3) is 7.70. The molecule has 2 unspecified atom stereocenters. The monoisotopic (exact) mass is 444 g/mol. The standard InChI is InChI=1S/C15H32N4OS.HI/c1-12-9-19(10-13(2)20-12)15(3,4)11-18-14(16-5)17-7-8-21-6;/h12-13H,7-11H2,1-6H3,(H2,16,17,18);1H. The van der Waals surface area contributed by atoms with E-state index in [-0.39, 0.29) is 29.5 Å². The second-order valence-corrected chi connectivity index (χ2v) is 7.31. The number of thioether (sulfide) groups is 1.